The molecule has 4 rings (SSSR count). The average Bonchev–Trinajstić information content (AvgIpc) is 2.74. The SMILES string of the molecule is COc1ccc([C@H]2Nc3ccccc3C(=O)N2c2ccc(NC(C)=O)cc2)cc1. The zero-order valence-corrected chi connectivity index (χ0v) is 16.2. The fourth-order valence-corrected chi connectivity index (χ4v) is 3.45. The molecule has 29 heavy (non-hydrogen) atoms. The first-order valence-corrected chi connectivity index (χ1v) is 9.27. The minimum atomic E-state index is -0.380. The molecule has 0 aromatic heterocycles. The van der Waals surface area contributed by atoms with Crippen molar-refractivity contribution in [1.82, 2.24) is 0 Å². The van der Waals surface area contributed by atoms with Crippen molar-refractivity contribution in [2.24, 2.45) is 0 Å². The third-order valence-electron chi connectivity index (χ3n) is 4.82. The predicted octanol–water partition coefficient (Wildman–Crippen LogP) is 4.42. The van der Waals surface area contributed by atoms with Crippen LogP contribution < -0.4 is 20.3 Å². The topological polar surface area (TPSA) is 70.7 Å². The number of nitrogens with one attached hydrogen (secondary N) is 2. The molecule has 2 amide bonds. The maximum Gasteiger partial charge on any atom is 0.262 e. The highest BCUT2D eigenvalue weighted by molar-refractivity contribution is 6.12. The van der Waals surface area contributed by atoms with Crippen molar-refractivity contribution in [3.63, 3.8) is 0 Å². The summed E-state index contributed by atoms with van der Waals surface area (Å²) >= 11 is 0. The average molecular weight is 387 g/mol. The Morgan fingerprint density at radius 3 is 2.34 bits per heavy atom. The summed E-state index contributed by atoms with van der Waals surface area (Å²) in [6.45, 7) is 1.46. The molecule has 1 heterocycles. The van der Waals surface area contributed by atoms with Gasteiger partial charge < -0.3 is 15.4 Å². The molecule has 1 aliphatic heterocycles. The molecule has 0 unspecified atom stereocenters. The van der Waals surface area contributed by atoms with Gasteiger partial charge in [-0.2, -0.15) is 0 Å². The van der Waals surface area contributed by atoms with Crippen molar-refractivity contribution in [3.8, 4) is 5.75 Å². The Morgan fingerprint density at radius 1 is 1.00 bits per heavy atom. The molecule has 1 atom stereocenters. The minimum absolute atomic E-state index is 0.0903. The molecule has 146 valence electrons. The summed E-state index contributed by atoms with van der Waals surface area (Å²) in [5, 5.41) is 6.22. The largest absolute Gasteiger partial charge is 0.497 e. The highest BCUT2D eigenvalue weighted by Gasteiger charge is 2.33. The number of carbonyl (C=O) groups is 2. The first-order valence-electron chi connectivity index (χ1n) is 9.27. The van der Waals surface area contributed by atoms with Crippen molar-refractivity contribution < 1.29 is 14.3 Å². The number of fused-ring (bicyclic) bond motifs is 1. The molecule has 3 aromatic rings. The number of hydrogen-bond donors (Lipinski definition) is 2. The lowest BCUT2D eigenvalue weighted by atomic mass is 10.0. The number of anilines is 3. The number of para-hydroxylation sites is 1. The van der Waals surface area contributed by atoms with E-state index in [1.165, 1.54) is 6.92 Å². The molecular formula is C23H21N3O3. The van der Waals surface area contributed by atoms with Gasteiger partial charge in [0.15, 0.2) is 0 Å². The fourth-order valence-electron chi connectivity index (χ4n) is 3.45. The van der Waals surface area contributed by atoms with Gasteiger partial charge in [0.1, 0.15) is 11.9 Å². The third kappa shape index (κ3) is 3.65. The van der Waals surface area contributed by atoms with Crippen molar-refractivity contribution in [3.05, 3.63) is 83.9 Å². The maximum absolute atomic E-state index is 13.4. The Labute approximate surface area is 169 Å². The summed E-state index contributed by atoms with van der Waals surface area (Å²) in [5.41, 5.74) is 3.75. The van der Waals surface area contributed by atoms with Gasteiger partial charge in [0.2, 0.25) is 5.91 Å². The molecule has 6 heteroatoms. The predicted molar refractivity (Wildman–Crippen MR) is 113 cm³/mol. The maximum atomic E-state index is 13.4. The molecule has 1 aliphatic rings. The molecule has 0 spiro atoms. The van der Waals surface area contributed by atoms with E-state index >= 15 is 0 Å². The lowest BCUT2D eigenvalue weighted by molar-refractivity contribution is -0.114. The van der Waals surface area contributed by atoms with E-state index in [0.717, 1.165) is 22.7 Å². The number of hydrogen-bond acceptors (Lipinski definition) is 4. The molecule has 3 aromatic carbocycles. The van der Waals surface area contributed by atoms with E-state index in [1.54, 1.807) is 24.1 Å². The van der Waals surface area contributed by atoms with Gasteiger partial charge >= 0.3 is 0 Å². The van der Waals surface area contributed by atoms with Crippen LogP contribution in [0.1, 0.15) is 29.0 Å². The summed E-state index contributed by atoms with van der Waals surface area (Å²) in [7, 11) is 1.62. The van der Waals surface area contributed by atoms with Crippen molar-refractivity contribution in [1.29, 1.82) is 0 Å². The molecule has 0 fully saturated rings. The Balaban J connectivity index is 1.76. The molecule has 0 saturated carbocycles. The summed E-state index contributed by atoms with van der Waals surface area (Å²) in [4.78, 5) is 26.4. The van der Waals surface area contributed by atoms with Crippen LogP contribution in [0.5, 0.6) is 5.75 Å². The number of ether oxygens (including phenoxy) is 1. The number of rotatable bonds is 4. The number of carbonyl (C=O) groups excluding carboxylic acids is 2. The second kappa shape index (κ2) is 7.67. The summed E-state index contributed by atoms with van der Waals surface area (Å²) in [6, 6.07) is 22.3. The van der Waals surface area contributed by atoms with Crippen LogP contribution in [0.3, 0.4) is 0 Å². The zero-order chi connectivity index (χ0) is 20.4. The van der Waals surface area contributed by atoms with E-state index in [1.807, 2.05) is 60.7 Å². The van der Waals surface area contributed by atoms with Gasteiger partial charge in [-0.25, -0.2) is 0 Å². The Kier molecular flexibility index (Phi) is 4.91. The summed E-state index contributed by atoms with van der Waals surface area (Å²) in [6.07, 6.45) is -0.380. The zero-order valence-electron chi connectivity index (χ0n) is 16.2. The quantitative estimate of drug-likeness (QED) is 0.695. The Bertz CT molecular complexity index is 1050. The molecule has 0 saturated heterocycles. The smallest absolute Gasteiger partial charge is 0.262 e. The van der Waals surface area contributed by atoms with Crippen molar-refractivity contribution in [2.45, 2.75) is 13.1 Å². The molecule has 0 aliphatic carbocycles. The molecule has 0 bridgehead atoms. The minimum Gasteiger partial charge on any atom is -0.497 e. The Morgan fingerprint density at radius 2 is 1.69 bits per heavy atom. The molecular weight excluding hydrogens is 366 g/mol. The van der Waals surface area contributed by atoms with Crippen LogP contribution in [-0.4, -0.2) is 18.9 Å². The highest BCUT2D eigenvalue weighted by atomic mass is 16.5. The summed E-state index contributed by atoms with van der Waals surface area (Å²) in [5.74, 6) is 0.522. The van der Waals surface area contributed by atoms with Gasteiger partial charge in [-0.3, -0.25) is 14.5 Å². The first kappa shape index (κ1) is 18.6. The van der Waals surface area contributed by atoms with Crippen LogP contribution in [-0.2, 0) is 4.79 Å². The van der Waals surface area contributed by atoms with E-state index in [0.29, 0.717) is 11.3 Å². The van der Waals surface area contributed by atoms with Crippen molar-refractivity contribution >= 4 is 28.9 Å². The van der Waals surface area contributed by atoms with Crippen LogP contribution in [0, 0.1) is 0 Å². The monoisotopic (exact) mass is 387 g/mol. The van der Waals surface area contributed by atoms with Crippen molar-refractivity contribution in [2.75, 3.05) is 22.6 Å². The number of benzene rings is 3. The van der Waals surface area contributed by atoms with Crippen LogP contribution in [0.4, 0.5) is 17.1 Å². The van der Waals surface area contributed by atoms with E-state index in [-0.39, 0.29) is 18.0 Å². The molecule has 2 N–H and O–H groups in total. The van der Waals surface area contributed by atoms with Gasteiger partial charge in [0, 0.05) is 24.0 Å². The first-order chi connectivity index (χ1) is 14.1. The van der Waals surface area contributed by atoms with Crippen LogP contribution in [0.15, 0.2) is 72.8 Å². The summed E-state index contributed by atoms with van der Waals surface area (Å²) < 4.78 is 5.25. The molecule has 0 radical (unpaired) electrons. The van der Waals surface area contributed by atoms with Gasteiger partial charge in [-0.05, 0) is 54.1 Å². The lowest BCUT2D eigenvalue weighted by Crippen LogP contribution is -2.43. The standard InChI is InChI=1S/C23H21N3O3/c1-15(27)24-17-9-11-18(12-10-17)26-22(16-7-13-19(29-2)14-8-16)25-21-6-4-3-5-20(21)23(26)28/h3-14,22,25H,1-2H3,(H,24,27)/t22-/m0/s1. The lowest BCUT2D eigenvalue weighted by Gasteiger charge is -2.38. The van der Waals surface area contributed by atoms with Crippen LogP contribution in [0.25, 0.3) is 0 Å². The van der Waals surface area contributed by atoms with Gasteiger partial charge in [0.25, 0.3) is 5.91 Å². The van der Waals surface area contributed by atoms with E-state index < -0.39 is 0 Å². The third-order valence-corrected chi connectivity index (χ3v) is 4.82. The second-order valence-electron chi connectivity index (χ2n) is 6.77. The van der Waals surface area contributed by atoms with Gasteiger partial charge in [0.05, 0.1) is 12.7 Å². The van der Waals surface area contributed by atoms with Gasteiger partial charge in [-0.15, -0.1) is 0 Å². The second-order valence-corrected chi connectivity index (χ2v) is 6.77. The molecule has 6 nitrogen and oxygen atoms in total. The van der Waals surface area contributed by atoms with E-state index in [4.69, 9.17) is 4.74 Å². The van der Waals surface area contributed by atoms with Gasteiger partial charge in [-0.1, -0.05) is 24.3 Å². The Hall–Kier alpha value is -3.80. The normalized spacial score (nSPS) is 15.3. The fraction of sp³-hybridized carbons (Fsp3) is 0.130. The highest BCUT2D eigenvalue weighted by Crippen LogP contribution is 2.37. The van der Waals surface area contributed by atoms with Crippen LogP contribution in [0.2, 0.25) is 0 Å². The van der Waals surface area contributed by atoms with Crippen LogP contribution >= 0.6 is 0 Å². The van der Waals surface area contributed by atoms with E-state index in [2.05, 4.69) is 10.6 Å². The number of amides is 2. The number of methoxy groups -OCH3 is 1. The number of nitrogens with zero attached hydrogens (tertiary/aromatic N) is 1. The van der Waals surface area contributed by atoms with E-state index in [9.17, 15) is 9.59 Å².